The third-order valence-electron chi connectivity index (χ3n) is 4.38. The molecule has 3 amide bonds. The number of hydrogen-bond acceptors (Lipinski definition) is 3. The largest absolute Gasteiger partial charge is 0.416 e. The number of nitrogens with one attached hydrogen (secondary N) is 3. The van der Waals surface area contributed by atoms with Gasteiger partial charge in [0.2, 0.25) is 5.91 Å². The molecule has 1 aliphatic rings. The number of hydrazone groups is 1. The van der Waals surface area contributed by atoms with E-state index >= 15 is 0 Å². The summed E-state index contributed by atoms with van der Waals surface area (Å²) in [5, 5.41) is 9.11. The predicted molar refractivity (Wildman–Crippen MR) is 104 cm³/mol. The number of hydrogen-bond donors (Lipinski definition) is 3. The number of carbonyl (C=O) groups is 2. The Morgan fingerprint density at radius 3 is 2.31 bits per heavy atom. The molecule has 0 saturated carbocycles. The summed E-state index contributed by atoms with van der Waals surface area (Å²) in [4.78, 5) is 23.8. The maximum atomic E-state index is 12.8. The van der Waals surface area contributed by atoms with Gasteiger partial charge in [0.05, 0.1) is 11.3 Å². The minimum Gasteiger partial charge on any atom is -0.308 e. The first kappa shape index (κ1) is 20.4. The second kappa shape index (κ2) is 7.57. The average molecular weight is 404 g/mol. The second-order valence-electron chi connectivity index (χ2n) is 7.29. The Hall–Kier alpha value is -3.36. The highest BCUT2D eigenvalue weighted by atomic mass is 19.4. The molecule has 9 heteroatoms. The molecule has 0 aromatic heterocycles. The molecule has 0 bridgehead atoms. The number of nitrogens with zero attached hydrogens (tertiary/aromatic N) is 1. The molecule has 0 unspecified atom stereocenters. The molecule has 29 heavy (non-hydrogen) atoms. The number of halogens is 3. The smallest absolute Gasteiger partial charge is 0.308 e. The summed E-state index contributed by atoms with van der Waals surface area (Å²) >= 11 is 0. The molecule has 0 fully saturated rings. The molecule has 2 aromatic rings. The molecular formula is C20H19F3N4O2. The lowest BCUT2D eigenvalue weighted by Crippen LogP contribution is -2.39. The molecule has 1 heterocycles. The van der Waals surface area contributed by atoms with Crippen molar-refractivity contribution >= 4 is 29.0 Å². The average Bonchev–Trinajstić information content (AvgIpc) is 2.60. The van der Waals surface area contributed by atoms with E-state index in [0.717, 1.165) is 12.1 Å². The van der Waals surface area contributed by atoms with Crippen molar-refractivity contribution in [2.75, 3.05) is 10.6 Å². The molecule has 3 N–H and O–H groups in total. The van der Waals surface area contributed by atoms with Crippen molar-refractivity contribution in [3.05, 3.63) is 59.7 Å². The van der Waals surface area contributed by atoms with E-state index in [0.29, 0.717) is 17.0 Å². The molecule has 0 aliphatic carbocycles. The molecule has 152 valence electrons. The Balaban J connectivity index is 1.74. The molecule has 0 saturated heterocycles. The first-order chi connectivity index (χ1) is 13.5. The summed E-state index contributed by atoms with van der Waals surface area (Å²) in [7, 11) is 0. The molecule has 6 nitrogen and oxygen atoms in total. The van der Waals surface area contributed by atoms with E-state index in [-0.39, 0.29) is 18.0 Å². The fourth-order valence-electron chi connectivity index (χ4n) is 3.06. The van der Waals surface area contributed by atoms with Gasteiger partial charge < -0.3 is 10.6 Å². The summed E-state index contributed by atoms with van der Waals surface area (Å²) in [6.07, 6.45) is -4.22. The monoisotopic (exact) mass is 404 g/mol. The van der Waals surface area contributed by atoms with Crippen LogP contribution in [-0.4, -0.2) is 17.6 Å². The number of alkyl halides is 3. The highest BCUT2D eigenvalue weighted by molar-refractivity contribution is 6.09. The van der Waals surface area contributed by atoms with Crippen molar-refractivity contribution < 1.29 is 22.8 Å². The van der Waals surface area contributed by atoms with Crippen LogP contribution in [0.2, 0.25) is 0 Å². The quantitative estimate of drug-likeness (QED) is 0.699. The van der Waals surface area contributed by atoms with Gasteiger partial charge in [0.15, 0.2) is 0 Å². The van der Waals surface area contributed by atoms with Gasteiger partial charge in [-0.3, -0.25) is 4.79 Å². The van der Waals surface area contributed by atoms with E-state index in [1.807, 2.05) is 13.8 Å². The molecule has 2 aromatic carbocycles. The van der Waals surface area contributed by atoms with Gasteiger partial charge in [-0.15, -0.1) is 0 Å². The lowest BCUT2D eigenvalue weighted by Gasteiger charge is -2.29. The van der Waals surface area contributed by atoms with Crippen LogP contribution in [0.15, 0.2) is 53.6 Å². The molecule has 1 aliphatic heterocycles. The van der Waals surface area contributed by atoms with Crippen molar-refractivity contribution in [3.8, 4) is 0 Å². The van der Waals surface area contributed by atoms with E-state index in [2.05, 4.69) is 21.2 Å². The summed E-state index contributed by atoms with van der Waals surface area (Å²) in [5.74, 6) is -0.173. The first-order valence-electron chi connectivity index (χ1n) is 8.77. The van der Waals surface area contributed by atoms with Crippen LogP contribution in [0.25, 0.3) is 0 Å². The predicted octanol–water partition coefficient (Wildman–Crippen LogP) is 4.60. The summed E-state index contributed by atoms with van der Waals surface area (Å²) in [6, 6.07) is 10.5. The maximum absolute atomic E-state index is 12.8. The summed E-state index contributed by atoms with van der Waals surface area (Å²) in [5.41, 5.74) is 2.95. The van der Waals surface area contributed by atoms with E-state index < -0.39 is 23.2 Å². The van der Waals surface area contributed by atoms with E-state index in [4.69, 9.17) is 0 Å². The topological polar surface area (TPSA) is 82.6 Å². The minimum atomic E-state index is -4.49. The fraction of sp³-hybridized carbons (Fsp3) is 0.250. The van der Waals surface area contributed by atoms with Crippen molar-refractivity contribution in [2.24, 2.45) is 10.5 Å². The Morgan fingerprint density at radius 1 is 1.07 bits per heavy atom. The fourth-order valence-corrected chi connectivity index (χ4v) is 3.06. The Morgan fingerprint density at radius 2 is 1.69 bits per heavy atom. The highest BCUT2D eigenvalue weighted by Gasteiger charge is 2.33. The van der Waals surface area contributed by atoms with Crippen LogP contribution >= 0.6 is 0 Å². The van der Waals surface area contributed by atoms with Gasteiger partial charge in [-0.2, -0.15) is 18.3 Å². The van der Waals surface area contributed by atoms with Crippen LogP contribution in [-0.2, 0) is 11.0 Å². The van der Waals surface area contributed by atoms with Gasteiger partial charge in [-0.05, 0) is 30.3 Å². The van der Waals surface area contributed by atoms with E-state index in [1.165, 1.54) is 12.1 Å². The number of benzene rings is 2. The zero-order valence-electron chi connectivity index (χ0n) is 15.7. The zero-order chi connectivity index (χ0) is 21.2. The van der Waals surface area contributed by atoms with Gasteiger partial charge in [-0.25, -0.2) is 10.2 Å². The van der Waals surface area contributed by atoms with E-state index in [1.54, 1.807) is 24.3 Å². The molecular weight excluding hydrogens is 385 g/mol. The SMILES string of the molecule is CC1(C)CC(=O)NN=C1c1cccc(NC(=O)Nc2cccc(C(F)(F)F)c2)c1. The third kappa shape index (κ3) is 4.92. The van der Waals surface area contributed by atoms with Crippen LogP contribution < -0.4 is 16.1 Å². The first-order valence-corrected chi connectivity index (χ1v) is 8.77. The maximum Gasteiger partial charge on any atom is 0.416 e. The lowest BCUT2D eigenvalue weighted by atomic mass is 9.79. The van der Waals surface area contributed by atoms with Crippen LogP contribution in [0.5, 0.6) is 0 Å². The van der Waals surface area contributed by atoms with Gasteiger partial charge in [-0.1, -0.05) is 32.0 Å². The Labute approximate surface area is 165 Å². The van der Waals surface area contributed by atoms with Crippen LogP contribution in [0.4, 0.5) is 29.3 Å². The summed E-state index contributed by atoms with van der Waals surface area (Å²) < 4.78 is 38.4. The van der Waals surface area contributed by atoms with Gasteiger partial charge in [0, 0.05) is 28.8 Å². The Bertz CT molecular complexity index is 984. The second-order valence-corrected chi connectivity index (χ2v) is 7.29. The van der Waals surface area contributed by atoms with Gasteiger partial charge in [0.25, 0.3) is 0 Å². The number of rotatable bonds is 3. The number of urea groups is 1. The molecule has 0 spiro atoms. The van der Waals surface area contributed by atoms with Crippen molar-refractivity contribution in [2.45, 2.75) is 26.4 Å². The minimum absolute atomic E-state index is 0.0222. The standard InChI is InChI=1S/C20H19F3N4O2/c1-19(2)11-16(28)26-27-17(19)12-5-3-7-14(9-12)24-18(29)25-15-8-4-6-13(10-15)20(21,22)23/h3-10H,11H2,1-2H3,(H,26,28)(H2,24,25,29). The summed E-state index contributed by atoms with van der Waals surface area (Å²) in [6.45, 7) is 3.79. The normalized spacial score (nSPS) is 15.9. The highest BCUT2D eigenvalue weighted by Crippen LogP contribution is 2.31. The molecule has 0 radical (unpaired) electrons. The van der Waals surface area contributed by atoms with Crippen molar-refractivity contribution in [1.29, 1.82) is 0 Å². The lowest BCUT2D eigenvalue weighted by molar-refractivity contribution is -0.137. The Kier molecular flexibility index (Phi) is 5.32. The number of amides is 3. The van der Waals surface area contributed by atoms with Crippen molar-refractivity contribution in [1.82, 2.24) is 5.43 Å². The third-order valence-corrected chi connectivity index (χ3v) is 4.38. The van der Waals surface area contributed by atoms with Gasteiger partial charge >= 0.3 is 12.2 Å². The number of carbonyl (C=O) groups excluding carboxylic acids is 2. The molecule has 0 atom stereocenters. The van der Waals surface area contributed by atoms with Crippen molar-refractivity contribution in [3.63, 3.8) is 0 Å². The zero-order valence-corrected chi connectivity index (χ0v) is 15.7. The van der Waals surface area contributed by atoms with Gasteiger partial charge in [0.1, 0.15) is 0 Å². The van der Waals surface area contributed by atoms with Crippen LogP contribution in [0, 0.1) is 5.41 Å². The van der Waals surface area contributed by atoms with E-state index in [9.17, 15) is 22.8 Å². The molecule has 3 rings (SSSR count). The number of anilines is 2. The van der Waals surface area contributed by atoms with Crippen LogP contribution in [0.3, 0.4) is 0 Å². The van der Waals surface area contributed by atoms with Crippen LogP contribution in [0.1, 0.15) is 31.4 Å².